The van der Waals surface area contributed by atoms with E-state index in [9.17, 15) is 8.42 Å². The molecule has 0 atom stereocenters. The third kappa shape index (κ3) is 3.17. The highest BCUT2D eigenvalue weighted by Crippen LogP contribution is 2.32. The SMILES string of the molecule is CC1CCC(NS(C)(=O)=O)(C(=N)N)CC1. The molecule has 88 valence electrons. The van der Waals surface area contributed by atoms with Crippen LogP contribution in [0.4, 0.5) is 0 Å². The van der Waals surface area contributed by atoms with Crippen LogP contribution in [-0.2, 0) is 10.0 Å². The van der Waals surface area contributed by atoms with Gasteiger partial charge in [-0.05, 0) is 31.6 Å². The zero-order valence-corrected chi connectivity index (χ0v) is 10.0. The Balaban J connectivity index is 2.86. The lowest BCUT2D eigenvalue weighted by atomic mass is 9.77. The second-order valence-electron chi connectivity index (χ2n) is 4.55. The molecule has 0 amide bonds. The molecule has 0 aromatic heterocycles. The smallest absolute Gasteiger partial charge is 0.209 e. The van der Waals surface area contributed by atoms with Crippen LogP contribution in [0.3, 0.4) is 0 Å². The van der Waals surface area contributed by atoms with Crippen LogP contribution in [0.1, 0.15) is 32.6 Å². The highest BCUT2D eigenvalue weighted by molar-refractivity contribution is 7.88. The van der Waals surface area contributed by atoms with E-state index in [-0.39, 0.29) is 5.84 Å². The monoisotopic (exact) mass is 233 g/mol. The molecule has 1 fully saturated rings. The fourth-order valence-electron chi connectivity index (χ4n) is 2.04. The number of nitrogens with two attached hydrogens (primary N) is 1. The van der Waals surface area contributed by atoms with E-state index in [1.807, 2.05) is 0 Å². The lowest BCUT2D eigenvalue weighted by Crippen LogP contribution is -2.58. The molecule has 0 aliphatic heterocycles. The van der Waals surface area contributed by atoms with Gasteiger partial charge >= 0.3 is 0 Å². The standard InChI is InChI=1S/C9H19N3O2S/c1-7-3-5-9(6-4-7,8(10)11)12-15(2,13)14/h7,12H,3-6H2,1-2H3,(H3,10,11). The van der Waals surface area contributed by atoms with Crippen molar-refractivity contribution in [3.8, 4) is 0 Å². The first kappa shape index (κ1) is 12.4. The van der Waals surface area contributed by atoms with E-state index < -0.39 is 15.6 Å². The molecule has 0 bridgehead atoms. The van der Waals surface area contributed by atoms with Gasteiger partial charge in [0.25, 0.3) is 0 Å². The summed E-state index contributed by atoms with van der Waals surface area (Å²) in [5.41, 5.74) is 4.68. The number of rotatable bonds is 3. The van der Waals surface area contributed by atoms with E-state index in [0.717, 1.165) is 19.1 Å². The third-order valence-corrected chi connectivity index (χ3v) is 3.79. The summed E-state index contributed by atoms with van der Waals surface area (Å²) < 4.78 is 25.0. The van der Waals surface area contributed by atoms with Gasteiger partial charge in [-0.25, -0.2) is 13.1 Å². The van der Waals surface area contributed by atoms with Gasteiger partial charge in [0.1, 0.15) is 5.84 Å². The van der Waals surface area contributed by atoms with Crippen molar-refractivity contribution in [2.45, 2.75) is 38.1 Å². The van der Waals surface area contributed by atoms with Gasteiger partial charge in [0, 0.05) is 0 Å². The van der Waals surface area contributed by atoms with Gasteiger partial charge in [-0.1, -0.05) is 6.92 Å². The molecule has 0 spiro atoms. The van der Waals surface area contributed by atoms with E-state index in [2.05, 4.69) is 11.6 Å². The highest BCUT2D eigenvalue weighted by atomic mass is 32.2. The van der Waals surface area contributed by atoms with Crippen LogP contribution < -0.4 is 10.5 Å². The summed E-state index contributed by atoms with van der Waals surface area (Å²) >= 11 is 0. The Morgan fingerprint density at radius 2 is 1.93 bits per heavy atom. The Labute approximate surface area is 91.0 Å². The summed E-state index contributed by atoms with van der Waals surface area (Å²) in [7, 11) is -3.32. The molecular weight excluding hydrogens is 214 g/mol. The minimum absolute atomic E-state index is 0.0696. The molecule has 0 aromatic rings. The summed E-state index contributed by atoms with van der Waals surface area (Å²) in [5, 5.41) is 7.53. The van der Waals surface area contributed by atoms with E-state index in [1.165, 1.54) is 0 Å². The molecule has 4 N–H and O–H groups in total. The van der Waals surface area contributed by atoms with E-state index in [0.29, 0.717) is 18.8 Å². The van der Waals surface area contributed by atoms with Crippen molar-refractivity contribution in [1.82, 2.24) is 4.72 Å². The molecule has 0 saturated heterocycles. The Bertz CT molecular complexity index is 342. The number of hydrogen-bond donors (Lipinski definition) is 3. The van der Waals surface area contributed by atoms with E-state index >= 15 is 0 Å². The molecule has 5 nitrogen and oxygen atoms in total. The number of amidine groups is 1. The molecule has 0 heterocycles. The van der Waals surface area contributed by atoms with Gasteiger partial charge < -0.3 is 5.73 Å². The van der Waals surface area contributed by atoms with Crippen molar-refractivity contribution in [3.63, 3.8) is 0 Å². The first-order valence-corrected chi connectivity index (χ1v) is 6.98. The zero-order chi connectivity index (χ0) is 11.7. The van der Waals surface area contributed by atoms with E-state index in [1.54, 1.807) is 0 Å². The average Bonchev–Trinajstić information content (AvgIpc) is 2.06. The Morgan fingerprint density at radius 1 is 1.47 bits per heavy atom. The maximum Gasteiger partial charge on any atom is 0.209 e. The maximum absolute atomic E-state index is 11.2. The molecule has 15 heavy (non-hydrogen) atoms. The van der Waals surface area contributed by atoms with Crippen molar-refractivity contribution in [1.29, 1.82) is 5.41 Å². The highest BCUT2D eigenvalue weighted by Gasteiger charge is 2.39. The molecule has 1 aliphatic carbocycles. The summed E-state index contributed by atoms with van der Waals surface area (Å²) in [6.45, 7) is 2.13. The van der Waals surface area contributed by atoms with Crippen molar-refractivity contribution >= 4 is 15.9 Å². The number of hydrogen-bond acceptors (Lipinski definition) is 3. The zero-order valence-electron chi connectivity index (χ0n) is 9.21. The summed E-state index contributed by atoms with van der Waals surface area (Å²) in [5.74, 6) is 0.513. The van der Waals surface area contributed by atoms with Crippen LogP contribution in [-0.4, -0.2) is 26.0 Å². The van der Waals surface area contributed by atoms with Crippen LogP contribution in [0, 0.1) is 11.3 Å². The lowest BCUT2D eigenvalue weighted by Gasteiger charge is -2.38. The normalized spacial score (nSPS) is 32.5. The van der Waals surface area contributed by atoms with Gasteiger partial charge in [0.15, 0.2) is 0 Å². The van der Waals surface area contributed by atoms with Crippen LogP contribution in [0.25, 0.3) is 0 Å². The van der Waals surface area contributed by atoms with Crippen molar-refractivity contribution in [3.05, 3.63) is 0 Å². The molecule has 1 rings (SSSR count). The molecule has 1 aliphatic rings. The quantitative estimate of drug-likeness (QED) is 0.487. The molecule has 1 saturated carbocycles. The van der Waals surface area contributed by atoms with Gasteiger partial charge in [0.2, 0.25) is 10.0 Å². The van der Waals surface area contributed by atoms with Crippen LogP contribution in [0.5, 0.6) is 0 Å². The van der Waals surface area contributed by atoms with Crippen molar-refractivity contribution in [2.24, 2.45) is 11.7 Å². The van der Waals surface area contributed by atoms with Gasteiger partial charge in [-0.2, -0.15) is 0 Å². The minimum Gasteiger partial charge on any atom is -0.386 e. The molecule has 6 heteroatoms. The number of sulfonamides is 1. The topological polar surface area (TPSA) is 96.0 Å². The van der Waals surface area contributed by atoms with Crippen LogP contribution in [0.2, 0.25) is 0 Å². The van der Waals surface area contributed by atoms with Gasteiger partial charge in [-0.3, -0.25) is 5.41 Å². The Hall–Kier alpha value is -0.620. The fourth-order valence-corrected chi connectivity index (χ4v) is 3.06. The predicted molar refractivity (Wildman–Crippen MR) is 60.3 cm³/mol. The van der Waals surface area contributed by atoms with Gasteiger partial charge in [-0.15, -0.1) is 0 Å². The first-order chi connectivity index (χ1) is 6.75. The summed E-state index contributed by atoms with van der Waals surface area (Å²) in [6, 6.07) is 0. The maximum atomic E-state index is 11.2. The third-order valence-electron chi connectivity index (χ3n) is 3.02. The first-order valence-electron chi connectivity index (χ1n) is 5.09. The average molecular weight is 233 g/mol. The predicted octanol–water partition coefficient (Wildman–Crippen LogP) is 0.420. The summed E-state index contributed by atoms with van der Waals surface area (Å²) in [6.07, 6.45) is 4.16. The van der Waals surface area contributed by atoms with Gasteiger partial charge in [0.05, 0.1) is 11.8 Å². The van der Waals surface area contributed by atoms with Crippen LogP contribution in [0.15, 0.2) is 0 Å². The second-order valence-corrected chi connectivity index (χ2v) is 6.30. The fraction of sp³-hybridized carbons (Fsp3) is 0.889. The van der Waals surface area contributed by atoms with Crippen molar-refractivity contribution in [2.75, 3.05) is 6.26 Å². The van der Waals surface area contributed by atoms with E-state index in [4.69, 9.17) is 11.1 Å². The summed E-state index contributed by atoms with van der Waals surface area (Å²) in [4.78, 5) is 0. The van der Waals surface area contributed by atoms with Crippen molar-refractivity contribution < 1.29 is 8.42 Å². The number of nitrogens with one attached hydrogen (secondary N) is 2. The largest absolute Gasteiger partial charge is 0.386 e. The lowest BCUT2D eigenvalue weighted by molar-refractivity contribution is 0.286. The second kappa shape index (κ2) is 4.09. The Morgan fingerprint density at radius 3 is 2.27 bits per heavy atom. The molecule has 0 unspecified atom stereocenters. The minimum atomic E-state index is -3.32. The molecular formula is C9H19N3O2S. The Kier molecular flexibility index (Phi) is 3.40. The van der Waals surface area contributed by atoms with Crippen LogP contribution >= 0.6 is 0 Å². The molecule has 0 radical (unpaired) electrons. The molecule has 0 aromatic carbocycles.